The minimum absolute atomic E-state index is 0.0424. The van der Waals surface area contributed by atoms with Crippen LogP contribution in [0.5, 0.6) is 0 Å². The van der Waals surface area contributed by atoms with Gasteiger partial charge in [-0.1, -0.05) is 22.6 Å². The quantitative estimate of drug-likeness (QED) is 0.366. The number of hydrogen-bond acceptors (Lipinski definition) is 6. The van der Waals surface area contributed by atoms with E-state index in [1.165, 1.54) is 5.06 Å². The van der Waals surface area contributed by atoms with Crippen LogP contribution in [-0.4, -0.2) is 49.4 Å². The predicted octanol–water partition coefficient (Wildman–Crippen LogP) is 3.72. The van der Waals surface area contributed by atoms with Crippen LogP contribution >= 0.6 is 22.6 Å². The summed E-state index contributed by atoms with van der Waals surface area (Å²) in [7, 11) is 0. The highest BCUT2D eigenvalue weighted by atomic mass is 127. The Balaban J connectivity index is 1.56. The van der Waals surface area contributed by atoms with Crippen LogP contribution in [0.3, 0.4) is 0 Å². The molecule has 0 aromatic carbocycles. The Morgan fingerprint density at radius 1 is 1.04 bits per heavy atom. The molecule has 154 valence electrons. The normalized spacial score (nSPS) is 36.4. The van der Waals surface area contributed by atoms with E-state index in [1.807, 2.05) is 34.6 Å². The standard InChI is InChI=1S/C20H32INO5/c1-11(21)17(23)27-16-8-12-6-13(16)7-15(12)18(24)26-14-9-19(2,3)22(25)20(4,5)10-14/h11-16,25H,6-10H2,1-5H3. The third-order valence-electron chi connectivity index (χ3n) is 6.57. The number of ether oxygens (including phenoxy) is 2. The van der Waals surface area contributed by atoms with E-state index >= 15 is 0 Å². The van der Waals surface area contributed by atoms with Gasteiger partial charge in [0.2, 0.25) is 0 Å². The zero-order valence-corrected chi connectivity index (χ0v) is 19.1. The molecule has 1 aliphatic heterocycles. The van der Waals surface area contributed by atoms with Gasteiger partial charge in [0.05, 0.1) is 5.92 Å². The van der Waals surface area contributed by atoms with Crippen molar-refractivity contribution in [2.75, 3.05) is 0 Å². The molecular formula is C20H32INO5. The van der Waals surface area contributed by atoms with E-state index < -0.39 is 11.1 Å². The summed E-state index contributed by atoms with van der Waals surface area (Å²) in [6.07, 6.45) is 3.48. The van der Waals surface area contributed by atoms with Gasteiger partial charge in [-0.3, -0.25) is 9.59 Å². The number of hydroxylamine groups is 2. The molecule has 0 aromatic heterocycles. The van der Waals surface area contributed by atoms with E-state index in [-0.39, 0.29) is 45.8 Å². The number of fused-ring (bicyclic) bond motifs is 2. The zero-order valence-electron chi connectivity index (χ0n) is 16.9. The average Bonchev–Trinajstić information content (AvgIpc) is 3.11. The molecule has 1 N–H and O–H groups in total. The van der Waals surface area contributed by atoms with E-state index in [2.05, 4.69) is 22.6 Å². The number of carbonyl (C=O) groups excluding carboxylic acids is 2. The fourth-order valence-corrected chi connectivity index (χ4v) is 5.56. The van der Waals surface area contributed by atoms with Crippen molar-refractivity contribution in [2.24, 2.45) is 17.8 Å². The van der Waals surface area contributed by atoms with Crippen molar-refractivity contribution in [1.82, 2.24) is 5.06 Å². The Labute approximate surface area is 175 Å². The largest absolute Gasteiger partial charge is 0.462 e. The van der Waals surface area contributed by atoms with Crippen LogP contribution in [0.15, 0.2) is 0 Å². The highest BCUT2D eigenvalue weighted by molar-refractivity contribution is 14.1. The molecular weight excluding hydrogens is 461 g/mol. The van der Waals surface area contributed by atoms with Gasteiger partial charge in [-0.05, 0) is 65.7 Å². The molecule has 0 radical (unpaired) electrons. The maximum Gasteiger partial charge on any atom is 0.318 e. The second-order valence-electron chi connectivity index (χ2n) is 9.83. The molecule has 2 bridgehead atoms. The highest BCUT2D eigenvalue weighted by Gasteiger charge is 2.52. The van der Waals surface area contributed by atoms with E-state index in [9.17, 15) is 14.8 Å². The topological polar surface area (TPSA) is 76.1 Å². The van der Waals surface area contributed by atoms with Gasteiger partial charge in [-0.2, -0.15) is 5.06 Å². The second kappa shape index (κ2) is 7.44. The summed E-state index contributed by atoms with van der Waals surface area (Å²) in [6, 6.07) is 0. The minimum Gasteiger partial charge on any atom is -0.462 e. The van der Waals surface area contributed by atoms with Crippen LogP contribution in [0.4, 0.5) is 0 Å². The molecule has 3 fully saturated rings. The molecule has 1 saturated heterocycles. The number of alkyl halides is 1. The van der Waals surface area contributed by atoms with Crippen molar-refractivity contribution in [3.63, 3.8) is 0 Å². The fourth-order valence-electron chi connectivity index (χ4n) is 5.41. The van der Waals surface area contributed by atoms with Crippen molar-refractivity contribution in [1.29, 1.82) is 0 Å². The highest BCUT2D eigenvalue weighted by Crippen LogP contribution is 2.50. The summed E-state index contributed by atoms with van der Waals surface area (Å²) >= 11 is 2.07. The number of halogens is 1. The van der Waals surface area contributed by atoms with Crippen LogP contribution in [0.2, 0.25) is 0 Å². The Morgan fingerprint density at radius 3 is 2.11 bits per heavy atom. The van der Waals surface area contributed by atoms with E-state index in [1.54, 1.807) is 0 Å². The van der Waals surface area contributed by atoms with Gasteiger partial charge in [0, 0.05) is 23.9 Å². The molecule has 1 heterocycles. The number of nitrogens with zero attached hydrogens (tertiary/aromatic N) is 1. The summed E-state index contributed by atoms with van der Waals surface area (Å²) < 4.78 is 11.4. The fraction of sp³-hybridized carbons (Fsp3) is 0.900. The molecule has 7 heteroatoms. The van der Waals surface area contributed by atoms with Gasteiger partial charge in [0.15, 0.2) is 0 Å². The lowest BCUT2D eigenvalue weighted by molar-refractivity contribution is -0.260. The third-order valence-corrected chi connectivity index (χ3v) is 7.08. The number of rotatable bonds is 4. The van der Waals surface area contributed by atoms with Crippen molar-refractivity contribution in [3.8, 4) is 0 Å². The maximum absolute atomic E-state index is 12.8. The molecule has 2 saturated carbocycles. The summed E-state index contributed by atoms with van der Waals surface area (Å²) in [6.45, 7) is 9.72. The minimum atomic E-state index is -0.434. The summed E-state index contributed by atoms with van der Waals surface area (Å²) in [5.41, 5.74) is -0.867. The molecule has 0 aromatic rings. The molecule has 6 nitrogen and oxygen atoms in total. The first kappa shape index (κ1) is 21.3. The van der Waals surface area contributed by atoms with Crippen molar-refractivity contribution in [2.45, 2.75) is 93.9 Å². The molecule has 3 rings (SSSR count). The smallest absolute Gasteiger partial charge is 0.318 e. The lowest BCUT2D eigenvalue weighted by Gasteiger charge is -2.51. The average molecular weight is 493 g/mol. The Morgan fingerprint density at radius 2 is 1.63 bits per heavy atom. The van der Waals surface area contributed by atoms with Crippen molar-refractivity contribution < 1.29 is 24.3 Å². The first-order valence-electron chi connectivity index (χ1n) is 9.95. The maximum atomic E-state index is 12.8. The van der Waals surface area contributed by atoms with E-state index in [4.69, 9.17) is 9.47 Å². The van der Waals surface area contributed by atoms with Gasteiger partial charge in [0.25, 0.3) is 0 Å². The SMILES string of the molecule is CC(I)C(=O)OC1CC2CC1CC2C(=O)OC1CC(C)(C)N(O)C(C)(C)C1. The number of hydrogen-bond donors (Lipinski definition) is 1. The first-order valence-corrected chi connectivity index (χ1v) is 11.2. The van der Waals surface area contributed by atoms with Crippen LogP contribution in [0, 0.1) is 17.8 Å². The first-order chi connectivity index (χ1) is 12.4. The van der Waals surface area contributed by atoms with Crippen LogP contribution in [0.25, 0.3) is 0 Å². The lowest BCUT2D eigenvalue weighted by Crippen LogP contribution is -2.60. The van der Waals surface area contributed by atoms with Crippen molar-refractivity contribution in [3.05, 3.63) is 0 Å². The molecule has 27 heavy (non-hydrogen) atoms. The number of carbonyl (C=O) groups is 2. The molecule has 3 aliphatic rings. The monoisotopic (exact) mass is 493 g/mol. The molecule has 0 amide bonds. The van der Waals surface area contributed by atoms with Crippen LogP contribution in [0.1, 0.15) is 66.7 Å². The third kappa shape index (κ3) is 4.29. The van der Waals surface area contributed by atoms with E-state index in [0.717, 1.165) is 19.3 Å². The lowest BCUT2D eigenvalue weighted by atomic mass is 9.80. The second-order valence-corrected chi connectivity index (χ2v) is 11.7. The summed E-state index contributed by atoms with van der Waals surface area (Å²) in [5.74, 6) is 0.174. The van der Waals surface area contributed by atoms with Crippen LogP contribution < -0.4 is 0 Å². The summed E-state index contributed by atoms with van der Waals surface area (Å²) in [5, 5.41) is 11.8. The molecule has 5 atom stereocenters. The Hall–Kier alpha value is -0.410. The number of piperidine rings is 1. The number of esters is 2. The van der Waals surface area contributed by atoms with Gasteiger partial charge in [-0.25, -0.2) is 0 Å². The Kier molecular flexibility index (Phi) is 5.87. The van der Waals surface area contributed by atoms with Gasteiger partial charge >= 0.3 is 11.9 Å². The molecule has 0 spiro atoms. The van der Waals surface area contributed by atoms with Crippen LogP contribution in [-0.2, 0) is 19.1 Å². The van der Waals surface area contributed by atoms with Gasteiger partial charge in [0.1, 0.15) is 16.1 Å². The predicted molar refractivity (Wildman–Crippen MR) is 109 cm³/mol. The molecule has 5 unspecified atom stereocenters. The van der Waals surface area contributed by atoms with Crippen molar-refractivity contribution >= 4 is 34.5 Å². The van der Waals surface area contributed by atoms with Gasteiger partial charge < -0.3 is 14.7 Å². The summed E-state index contributed by atoms with van der Waals surface area (Å²) in [4.78, 5) is 24.7. The van der Waals surface area contributed by atoms with E-state index in [0.29, 0.717) is 12.8 Å². The zero-order chi connectivity index (χ0) is 20.1. The Bertz CT molecular complexity index is 587. The van der Waals surface area contributed by atoms with Gasteiger partial charge in [-0.15, -0.1) is 0 Å². The molecule has 2 aliphatic carbocycles.